The van der Waals surface area contributed by atoms with Crippen LogP contribution in [0.3, 0.4) is 0 Å². The molecule has 8 heteroatoms. The van der Waals surface area contributed by atoms with Crippen molar-refractivity contribution >= 4 is 33.8 Å². The first-order valence-electron chi connectivity index (χ1n) is 9.29. The first-order valence-corrected chi connectivity index (χ1v) is 10.5. The van der Waals surface area contributed by atoms with Gasteiger partial charge in [0.15, 0.2) is 16.6 Å². The molecule has 6 nitrogen and oxygen atoms in total. The van der Waals surface area contributed by atoms with Gasteiger partial charge < -0.3 is 9.32 Å². The molecule has 0 fully saturated rings. The lowest BCUT2D eigenvalue weighted by Crippen LogP contribution is -2.27. The van der Waals surface area contributed by atoms with Crippen LogP contribution >= 0.6 is 22.9 Å². The number of imidazole rings is 1. The number of carbonyl (C=O) groups is 1. The summed E-state index contributed by atoms with van der Waals surface area (Å²) in [6, 6.07) is 7.38. The van der Waals surface area contributed by atoms with Crippen LogP contribution in [0.15, 0.2) is 41.1 Å². The Morgan fingerprint density at radius 3 is 2.79 bits per heavy atom. The Morgan fingerprint density at radius 2 is 2.03 bits per heavy atom. The number of thiazole rings is 1. The van der Waals surface area contributed by atoms with Crippen LogP contribution in [0.25, 0.3) is 16.3 Å². The zero-order valence-electron chi connectivity index (χ0n) is 16.5. The van der Waals surface area contributed by atoms with Gasteiger partial charge in [0.1, 0.15) is 0 Å². The van der Waals surface area contributed by atoms with Crippen molar-refractivity contribution in [3.63, 3.8) is 0 Å². The van der Waals surface area contributed by atoms with Gasteiger partial charge in [0, 0.05) is 41.5 Å². The van der Waals surface area contributed by atoms with Crippen molar-refractivity contribution < 1.29 is 9.21 Å². The predicted octanol–water partition coefficient (Wildman–Crippen LogP) is 4.91. The van der Waals surface area contributed by atoms with E-state index in [-0.39, 0.29) is 5.91 Å². The Labute approximate surface area is 177 Å². The molecule has 4 rings (SSSR count). The molecule has 0 bridgehead atoms. The molecule has 0 unspecified atom stereocenters. The van der Waals surface area contributed by atoms with Crippen molar-refractivity contribution in [3.8, 4) is 11.3 Å². The number of aromatic nitrogens is 3. The summed E-state index contributed by atoms with van der Waals surface area (Å²) in [5.74, 6) is 1.26. The van der Waals surface area contributed by atoms with E-state index in [1.165, 1.54) is 4.88 Å². The third-order valence-corrected chi connectivity index (χ3v) is 5.94. The summed E-state index contributed by atoms with van der Waals surface area (Å²) in [7, 11) is 1.81. The Morgan fingerprint density at radius 1 is 1.28 bits per heavy atom. The van der Waals surface area contributed by atoms with Crippen molar-refractivity contribution in [2.45, 2.75) is 33.2 Å². The summed E-state index contributed by atoms with van der Waals surface area (Å²) in [6.45, 7) is 4.55. The van der Waals surface area contributed by atoms with Crippen LogP contribution < -0.4 is 0 Å². The predicted molar refractivity (Wildman–Crippen MR) is 114 cm³/mol. The van der Waals surface area contributed by atoms with E-state index in [4.69, 9.17) is 16.0 Å². The molecule has 0 aliphatic heterocycles. The number of carbonyl (C=O) groups excluding carboxylic acids is 1. The SMILES string of the molecule is Cc1cn2c(CN(C)C(=O)CCc3ncc(-c4ccc(Cl)cc4)o3)c(C)nc2s1. The van der Waals surface area contributed by atoms with E-state index in [1.54, 1.807) is 22.4 Å². The van der Waals surface area contributed by atoms with Gasteiger partial charge in [0.25, 0.3) is 0 Å². The summed E-state index contributed by atoms with van der Waals surface area (Å²) in [6.07, 6.45) is 4.53. The topological polar surface area (TPSA) is 63.6 Å². The normalized spacial score (nSPS) is 11.3. The van der Waals surface area contributed by atoms with Crippen molar-refractivity contribution in [1.29, 1.82) is 0 Å². The smallest absolute Gasteiger partial charge is 0.223 e. The number of nitrogens with zero attached hydrogens (tertiary/aromatic N) is 4. The molecule has 1 aromatic carbocycles. The minimum Gasteiger partial charge on any atom is -0.441 e. The van der Waals surface area contributed by atoms with Crippen LogP contribution in [0.2, 0.25) is 5.02 Å². The number of halogens is 1. The van der Waals surface area contributed by atoms with E-state index in [0.717, 1.165) is 21.9 Å². The van der Waals surface area contributed by atoms with E-state index in [0.29, 0.717) is 36.1 Å². The number of oxazole rings is 1. The van der Waals surface area contributed by atoms with Gasteiger partial charge in [-0.25, -0.2) is 9.97 Å². The third-order valence-electron chi connectivity index (χ3n) is 4.79. The standard InChI is InChI=1S/C21H21ClN4O2S/c1-13-11-26-17(14(2)24-21(26)29-13)12-25(3)20(27)9-8-19-23-10-18(28-19)15-4-6-16(22)7-5-15/h4-7,10-11H,8-9,12H2,1-3H3. The fraction of sp³-hybridized carbons (Fsp3) is 0.286. The highest BCUT2D eigenvalue weighted by molar-refractivity contribution is 7.17. The summed E-state index contributed by atoms with van der Waals surface area (Å²) in [5, 5.41) is 0.672. The van der Waals surface area contributed by atoms with Crippen molar-refractivity contribution in [2.24, 2.45) is 0 Å². The van der Waals surface area contributed by atoms with Crippen LogP contribution in [-0.2, 0) is 17.8 Å². The maximum atomic E-state index is 12.6. The average Bonchev–Trinajstić information content (AvgIpc) is 3.37. The van der Waals surface area contributed by atoms with Gasteiger partial charge in [-0.2, -0.15) is 0 Å². The molecule has 1 amide bonds. The number of hydrogen-bond acceptors (Lipinski definition) is 5. The molecule has 0 radical (unpaired) electrons. The quantitative estimate of drug-likeness (QED) is 0.437. The first kappa shape index (κ1) is 19.7. The number of fused-ring (bicyclic) bond motifs is 1. The minimum atomic E-state index is 0.0394. The van der Waals surface area contributed by atoms with Crippen LogP contribution in [0.1, 0.15) is 28.6 Å². The van der Waals surface area contributed by atoms with Crippen molar-refractivity contribution in [1.82, 2.24) is 19.3 Å². The van der Waals surface area contributed by atoms with E-state index in [2.05, 4.69) is 27.5 Å². The zero-order chi connectivity index (χ0) is 20.5. The van der Waals surface area contributed by atoms with Crippen molar-refractivity contribution in [3.05, 3.63) is 63.8 Å². The second-order valence-electron chi connectivity index (χ2n) is 7.01. The largest absolute Gasteiger partial charge is 0.441 e. The zero-order valence-corrected chi connectivity index (χ0v) is 18.0. The van der Waals surface area contributed by atoms with Crippen LogP contribution in [0.5, 0.6) is 0 Å². The molecule has 3 heterocycles. The van der Waals surface area contributed by atoms with Gasteiger partial charge in [-0.1, -0.05) is 11.6 Å². The molecular formula is C21H21ClN4O2S. The minimum absolute atomic E-state index is 0.0394. The Hall–Kier alpha value is -2.64. The van der Waals surface area contributed by atoms with E-state index in [9.17, 15) is 4.79 Å². The second-order valence-corrected chi connectivity index (χ2v) is 8.66. The molecule has 29 heavy (non-hydrogen) atoms. The highest BCUT2D eigenvalue weighted by Gasteiger charge is 2.17. The fourth-order valence-corrected chi connectivity index (χ4v) is 4.21. The molecule has 0 N–H and O–H groups in total. The number of aryl methyl sites for hydroxylation is 3. The van der Waals surface area contributed by atoms with Gasteiger partial charge in [0.2, 0.25) is 5.91 Å². The van der Waals surface area contributed by atoms with Gasteiger partial charge in [-0.15, -0.1) is 11.3 Å². The monoisotopic (exact) mass is 428 g/mol. The molecule has 0 saturated heterocycles. The third kappa shape index (κ3) is 4.21. The molecular weight excluding hydrogens is 408 g/mol. The van der Waals surface area contributed by atoms with Crippen LogP contribution in [0.4, 0.5) is 0 Å². The van der Waals surface area contributed by atoms with Crippen molar-refractivity contribution in [2.75, 3.05) is 7.05 Å². The Balaban J connectivity index is 1.38. The lowest BCUT2D eigenvalue weighted by Gasteiger charge is -2.17. The Bertz CT molecular complexity index is 1160. The number of benzene rings is 1. The molecule has 4 aromatic rings. The molecule has 0 aliphatic rings. The fourth-order valence-electron chi connectivity index (χ4n) is 3.19. The van der Waals surface area contributed by atoms with E-state index in [1.807, 2.05) is 38.2 Å². The summed E-state index contributed by atoms with van der Waals surface area (Å²) >= 11 is 7.57. The van der Waals surface area contributed by atoms with Crippen LogP contribution in [-0.4, -0.2) is 32.2 Å². The average molecular weight is 429 g/mol. The van der Waals surface area contributed by atoms with Gasteiger partial charge in [-0.3, -0.25) is 9.20 Å². The summed E-state index contributed by atoms with van der Waals surface area (Å²) in [4.78, 5) is 25.4. The van der Waals surface area contributed by atoms with Gasteiger partial charge >= 0.3 is 0 Å². The molecule has 0 saturated carbocycles. The first-order chi connectivity index (χ1) is 13.9. The maximum Gasteiger partial charge on any atom is 0.223 e. The maximum absolute atomic E-state index is 12.6. The highest BCUT2D eigenvalue weighted by Crippen LogP contribution is 2.24. The molecule has 0 aliphatic carbocycles. The molecule has 0 atom stereocenters. The second kappa shape index (κ2) is 8.00. The Kier molecular flexibility index (Phi) is 5.43. The van der Waals surface area contributed by atoms with Crippen LogP contribution in [0, 0.1) is 13.8 Å². The molecule has 0 spiro atoms. The lowest BCUT2D eigenvalue weighted by molar-refractivity contribution is -0.130. The number of hydrogen-bond donors (Lipinski definition) is 0. The number of amides is 1. The number of rotatable bonds is 6. The summed E-state index contributed by atoms with van der Waals surface area (Å²) < 4.78 is 7.86. The molecule has 150 valence electrons. The summed E-state index contributed by atoms with van der Waals surface area (Å²) in [5.41, 5.74) is 2.90. The van der Waals surface area contributed by atoms with Gasteiger partial charge in [-0.05, 0) is 38.1 Å². The van der Waals surface area contributed by atoms with Gasteiger partial charge in [0.05, 0.1) is 24.1 Å². The van der Waals surface area contributed by atoms with E-state index < -0.39 is 0 Å². The molecule has 3 aromatic heterocycles. The van der Waals surface area contributed by atoms with E-state index >= 15 is 0 Å². The highest BCUT2D eigenvalue weighted by atomic mass is 35.5. The lowest BCUT2D eigenvalue weighted by atomic mass is 10.2.